The Morgan fingerprint density at radius 2 is 0.524 bits per heavy atom. The van der Waals surface area contributed by atoms with E-state index in [1.807, 2.05) is 0 Å². The molecule has 6 heteroatoms. The van der Waals surface area contributed by atoms with Crippen LogP contribution < -0.4 is 0 Å². The van der Waals surface area contributed by atoms with E-state index in [1.54, 1.807) is 0 Å². The zero-order chi connectivity index (χ0) is 45.8. The van der Waals surface area contributed by atoms with Crippen molar-refractivity contribution in [1.82, 2.24) is 0 Å². The largest absolute Gasteiger partial charge is 0.462 e. The zero-order valence-electron chi connectivity index (χ0n) is 42.4. The fraction of sp³-hybridized carbons (Fsp3) is 0.877. The molecule has 370 valence electrons. The lowest BCUT2D eigenvalue weighted by atomic mass is 10.0. The van der Waals surface area contributed by atoms with Gasteiger partial charge in [-0.1, -0.05) is 238 Å². The molecule has 0 amide bonds. The molecular weight excluding hydrogens is 781 g/mol. The third-order valence-corrected chi connectivity index (χ3v) is 12.4. The number of hydrogen-bond acceptors (Lipinski definition) is 6. The molecule has 0 spiro atoms. The minimum Gasteiger partial charge on any atom is -0.462 e. The number of ether oxygens (including phenoxy) is 3. The summed E-state index contributed by atoms with van der Waals surface area (Å²) in [6, 6.07) is 0. The van der Waals surface area contributed by atoms with Crippen LogP contribution in [0.3, 0.4) is 0 Å². The van der Waals surface area contributed by atoms with E-state index in [1.165, 1.54) is 199 Å². The van der Waals surface area contributed by atoms with E-state index in [4.69, 9.17) is 14.2 Å². The standard InChI is InChI=1S/C57H106O6/c1-4-7-10-13-16-19-22-25-26-27-28-29-30-33-35-38-41-44-47-50-56(59)62-53-54(63-57(60)51-48-45-42-39-36-32-24-21-18-15-12-9-6-3)52-61-55(58)49-46-43-40-37-34-31-23-20-17-14-11-8-5-2/h21,24-26,54H,4-20,22-23,27-53H2,1-3H3/b24-21-,26-25-. The number of carbonyl (C=O) groups is 3. The predicted molar refractivity (Wildman–Crippen MR) is 270 cm³/mol. The summed E-state index contributed by atoms with van der Waals surface area (Å²) in [6.45, 7) is 6.65. The molecule has 0 saturated carbocycles. The summed E-state index contributed by atoms with van der Waals surface area (Å²) in [7, 11) is 0. The van der Waals surface area contributed by atoms with E-state index in [-0.39, 0.29) is 31.1 Å². The van der Waals surface area contributed by atoms with E-state index in [0.29, 0.717) is 19.3 Å². The molecule has 0 aromatic heterocycles. The van der Waals surface area contributed by atoms with Crippen LogP contribution in [0.4, 0.5) is 0 Å². The molecule has 0 N–H and O–H groups in total. The Morgan fingerprint density at radius 1 is 0.302 bits per heavy atom. The lowest BCUT2D eigenvalue weighted by Gasteiger charge is -2.18. The molecule has 0 aliphatic carbocycles. The van der Waals surface area contributed by atoms with Gasteiger partial charge in [0.1, 0.15) is 13.2 Å². The molecule has 0 aromatic rings. The molecule has 1 unspecified atom stereocenters. The Hall–Kier alpha value is -2.11. The summed E-state index contributed by atoms with van der Waals surface area (Å²) in [5.41, 5.74) is 0. The van der Waals surface area contributed by atoms with Crippen molar-refractivity contribution in [2.75, 3.05) is 13.2 Å². The highest BCUT2D eigenvalue weighted by atomic mass is 16.6. The summed E-state index contributed by atoms with van der Waals surface area (Å²) in [4.78, 5) is 38.0. The molecule has 0 saturated heterocycles. The summed E-state index contributed by atoms with van der Waals surface area (Å²) >= 11 is 0. The van der Waals surface area contributed by atoms with Gasteiger partial charge in [-0.15, -0.1) is 0 Å². The van der Waals surface area contributed by atoms with Crippen LogP contribution in [0.5, 0.6) is 0 Å². The van der Waals surface area contributed by atoms with Crippen molar-refractivity contribution in [3.8, 4) is 0 Å². The van der Waals surface area contributed by atoms with Gasteiger partial charge >= 0.3 is 17.9 Å². The lowest BCUT2D eigenvalue weighted by Crippen LogP contribution is -2.30. The van der Waals surface area contributed by atoms with Crippen molar-refractivity contribution < 1.29 is 28.6 Å². The quantitative estimate of drug-likeness (QED) is 0.0262. The third-order valence-electron chi connectivity index (χ3n) is 12.4. The number of rotatable bonds is 51. The summed E-state index contributed by atoms with van der Waals surface area (Å²) in [5, 5.41) is 0. The minimum atomic E-state index is -0.771. The predicted octanol–water partition coefficient (Wildman–Crippen LogP) is 18.3. The Morgan fingerprint density at radius 3 is 0.810 bits per heavy atom. The monoisotopic (exact) mass is 887 g/mol. The van der Waals surface area contributed by atoms with Gasteiger partial charge in [0.25, 0.3) is 0 Å². The second kappa shape index (κ2) is 52.5. The zero-order valence-corrected chi connectivity index (χ0v) is 42.4. The molecule has 0 aromatic carbocycles. The summed E-state index contributed by atoms with van der Waals surface area (Å²) < 4.78 is 16.8. The van der Waals surface area contributed by atoms with Crippen LogP contribution in [0.15, 0.2) is 24.3 Å². The third kappa shape index (κ3) is 50.7. The SMILES string of the molecule is CCCCCC/C=C\CCCCCCCC(=O)OC(COC(=O)CCCCCCCCCCC/C=C\CCCCCCCC)COC(=O)CCCCCCCCCCCCCCC. The smallest absolute Gasteiger partial charge is 0.306 e. The number of allylic oxidation sites excluding steroid dienone is 4. The van der Waals surface area contributed by atoms with Gasteiger partial charge in [0.05, 0.1) is 0 Å². The summed E-state index contributed by atoms with van der Waals surface area (Å²) in [5.74, 6) is -0.866. The number of unbranched alkanes of at least 4 members (excludes halogenated alkanes) is 36. The van der Waals surface area contributed by atoms with Gasteiger partial charge in [-0.2, -0.15) is 0 Å². The second-order valence-corrected chi connectivity index (χ2v) is 18.8. The molecule has 0 aliphatic heterocycles. The first-order valence-electron chi connectivity index (χ1n) is 27.8. The first-order valence-corrected chi connectivity index (χ1v) is 27.8. The van der Waals surface area contributed by atoms with Gasteiger partial charge < -0.3 is 14.2 Å². The van der Waals surface area contributed by atoms with Gasteiger partial charge in [-0.25, -0.2) is 0 Å². The van der Waals surface area contributed by atoms with Crippen molar-refractivity contribution >= 4 is 17.9 Å². The van der Waals surface area contributed by atoms with Gasteiger partial charge in [-0.05, 0) is 70.6 Å². The molecule has 0 heterocycles. The minimum absolute atomic E-state index is 0.0711. The molecule has 0 rings (SSSR count). The highest BCUT2D eigenvalue weighted by Crippen LogP contribution is 2.16. The Kier molecular flexibility index (Phi) is 50.8. The molecule has 63 heavy (non-hydrogen) atoms. The molecular formula is C57H106O6. The Labute approximate surface area is 392 Å². The van der Waals surface area contributed by atoms with E-state index in [9.17, 15) is 14.4 Å². The first kappa shape index (κ1) is 60.9. The Balaban J connectivity index is 4.30. The van der Waals surface area contributed by atoms with Gasteiger partial charge in [0, 0.05) is 19.3 Å². The van der Waals surface area contributed by atoms with E-state index in [0.717, 1.165) is 64.2 Å². The van der Waals surface area contributed by atoms with Gasteiger partial charge in [0.15, 0.2) is 6.10 Å². The molecule has 0 bridgehead atoms. The normalized spacial score (nSPS) is 12.1. The fourth-order valence-corrected chi connectivity index (χ4v) is 8.20. The number of hydrogen-bond donors (Lipinski definition) is 0. The van der Waals surface area contributed by atoms with Gasteiger partial charge in [-0.3, -0.25) is 14.4 Å². The van der Waals surface area contributed by atoms with Crippen LogP contribution in [0, 0.1) is 0 Å². The molecule has 0 radical (unpaired) electrons. The van der Waals surface area contributed by atoms with Crippen molar-refractivity contribution in [2.45, 2.75) is 309 Å². The van der Waals surface area contributed by atoms with Crippen LogP contribution in [-0.4, -0.2) is 37.2 Å². The lowest BCUT2D eigenvalue weighted by molar-refractivity contribution is -0.167. The van der Waals surface area contributed by atoms with Crippen LogP contribution in [-0.2, 0) is 28.6 Å². The Bertz CT molecular complexity index is 1020. The van der Waals surface area contributed by atoms with E-state index < -0.39 is 6.10 Å². The van der Waals surface area contributed by atoms with Crippen molar-refractivity contribution in [2.24, 2.45) is 0 Å². The molecule has 0 fully saturated rings. The highest BCUT2D eigenvalue weighted by molar-refractivity contribution is 5.71. The van der Waals surface area contributed by atoms with Crippen molar-refractivity contribution in [3.05, 3.63) is 24.3 Å². The molecule has 0 aliphatic rings. The average molecular weight is 887 g/mol. The van der Waals surface area contributed by atoms with Crippen molar-refractivity contribution in [3.63, 3.8) is 0 Å². The number of esters is 3. The van der Waals surface area contributed by atoms with Crippen LogP contribution in [0.25, 0.3) is 0 Å². The fourth-order valence-electron chi connectivity index (χ4n) is 8.20. The van der Waals surface area contributed by atoms with Crippen molar-refractivity contribution in [1.29, 1.82) is 0 Å². The second-order valence-electron chi connectivity index (χ2n) is 18.8. The maximum Gasteiger partial charge on any atom is 0.306 e. The number of carbonyl (C=O) groups excluding carboxylic acids is 3. The maximum atomic E-state index is 12.8. The van der Waals surface area contributed by atoms with Crippen LogP contribution in [0.2, 0.25) is 0 Å². The topological polar surface area (TPSA) is 78.9 Å². The highest BCUT2D eigenvalue weighted by Gasteiger charge is 2.19. The molecule has 6 nitrogen and oxygen atoms in total. The van der Waals surface area contributed by atoms with Gasteiger partial charge in [0.2, 0.25) is 0 Å². The average Bonchev–Trinajstić information content (AvgIpc) is 3.28. The van der Waals surface area contributed by atoms with E-state index in [2.05, 4.69) is 45.1 Å². The summed E-state index contributed by atoms with van der Waals surface area (Å²) in [6.07, 6.45) is 60.2. The van der Waals surface area contributed by atoms with Crippen LogP contribution >= 0.6 is 0 Å². The first-order chi connectivity index (χ1) is 31.0. The van der Waals surface area contributed by atoms with E-state index >= 15 is 0 Å². The van der Waals surface area contributed by atoms with Crippen LogP contribution in [0.1, 0.15) is 303 Å². The maximum absolute atomic E-state index is 12.8. The molecule has 1 atom stereocenters.